The predicted molar refractivity (Wildman–Crippen MR) is 59.8 cm³/mol. The molecule has 1 atom stereocenters. The van der Waals surface area contributed by atoms with Crippen molar-refractivity contribution >= 4 is 17.6 Å². The number of nitrogens with zero attached hydrogens (tertiary/aromatic N) is 1. The topological polar surface area (TPSA) is 38.9 Å². The Morgan fingerprint density at radius 2 is 2.08 bits per heavy atom. The summed E-state index contributed by atoms with van der Waals surface area (Å²) in [5.41, 5.74) is 6.91. The van der Waals surface area contributed by atoms with Gasteiger partial charge in [0.2, 0.25) is 0 Å². The Hall–Kier alpha value is -0.700. The predicted octanol–water partition coefficient (Wildman–Crippen LogP) is 2.87. The third-order valence-electron chi connectivity index (χ3n) is 1.79. The number of pyridine rings is 1. The highest BCUT2D eigenvalue weighted by Crippen LogP contribution is 2.33. The van der Waals surface area contributed by atoms with Crippen molar-refractivity contribution in [2.45, 2.75) is 31.3 Å². The van der Waals surface area contributed by atoms with Crippen molar-refractivity contribution < 1.29 is 0 Å². The number of hydrogen-bond donors (Lipinski definition) is 1. The van der Waals surface area contributed by atoms with Gasteiger partial charge in [0, 0.05) is 17.0 Å². The number of nitrogen functional groups attached to an aromatic ring is 1. The van der Waals surface area contributed by atoms with Crippen LogP contribution in [0.3, 0.4) is 0 Å². The first-order valence-corrected chi connectivity index (χ1v) is 5.41. The van der Waals surface area contributed by atoms with Gasteiger partial charge in [-0.15, -0.1) is 0 Å². The monoisotopic (exact) mass is 196 g/mol. The summed E-state index contributed by atoms with van der Waals surface area (Å²) in [6, 6.07) is 3.98. The molecule has 2 nitrogen and oxygen atoms in total. The number of nitrogens with two attached hydrogens (primary N) is 1. The van der Waals surface area contributed by atoms with E-state index in [9.17, 15) is 0 Å². The van der Waals surface area contributed by atoms with Gasteiger partial charge in [-0.1, -0.05) is 19.9 Å². The van der Waals surface area contributed by atoms with Crippen molar-refractivity contribution in [2.75, 3.05) is 5.73 Å². The number of hydrogen-bond acceptors (Lipinski definition) is 3. The Labute approximate surface area is 83.9 Å². The molecule has 0 spiro atoms. The normalized spacial score (nSPS) is 13.2. The van der Waals surface area contributed by atoms with E-state index in [1.165, 1.54) is 0 Å². The molecule has 0 aliphatic rings. The highest BCUT2D eigenvalue weighted by molar-refractivity contribution is 8.00. The van der Waals surface area contributed by atoms with E-state index in [4.69, 9.17) is 5.73 Å². The fraction of sp³-hybridized carbons (Fsp3) is 0.500. The minimum Gasteiger partial charge on any atom is -0.383 e. The second-order valence-corrected chi connectivity index (χ2v) is 5.23. The van der Waals surface area contributed by atoms with Gasteiger partial charge in [0.25, 0.3) is 0 Å². The van der Waals surface area contributed by atoms with Gasteiger partial charge < -0.3 is 5.73 Å². The van der Waals surface area contributed by atoms with E-state index in [-0.39, 0.29) is 0 Å². The smallest absolute Gasteiger partial charge is 0.127 e. The van der Waals surface area contributed by atoms with Gasteiger partial charge in [-0.2, -0.15) is 11.8 Å². The molecular weight excluding hydrogens is 180 g/mol. The second-order valence-electron chi connectivity index (χ2n) is 3.30. The third-order valence-corrected chi connectivity index (χ3v) is 2.99. The van der Waals surface area contributed by atoms with Crippen LogP contribution in [0.5, 0.6) is 0 Å². The van der Waals surface area contributed by atoms with E-state index < -0.39 is 0 Å². The second kappa shape index (κ2) is 4.51. The van der Waals surface area contributed by atoms with E-state index in [2.05, 4.69) is 25.8 Å². The highest BCUT2D eigenvalue weighted by Gasteiger charge is 2.10. The Morgan fingerprint density at radius 1 is 1.38 bits per heavy atom. The number of aromatic nitrogens is 1. The SMILES string of the molecule is CC(C)SC(C)c1cccnc1N. The number of rotatable bonds is 3. The average molecular weight is 196 g/mol. The van der Waals surface area contributed by atoms with Crippen LogP contribution in [0.15, 0.2) is 18.3 Å². The summed E-state index contributed by atoms with van der Waals surface area (Å²) >= 11 is 1.90. The van der Waals surface area contributed by atoms with E-state index in [0.29, 0.717) is 16.3 Å². The summed E-state index contributed by atoms with van der Waals surface area (Å²) in [5, 5.41) is 1.04. The molecule has 0 saturated carbocycles. The molecule has 0 aromatic carbocycles. The largest absolute Gasteiger partial charge is 0.383 e. The molecule has 0 amide bonds. The minimum atomic E-state index is 0.425. The zero-order chi connectivity index (χ0) is 9.84. The van der Waals surface area contributed by atoms with Crippen molar-refractivity contribution in [1.82, 2.24) is 4.98 Å². The molecule has 3 heteroatoms. The molecule has 0 radical (unpaired) electrons. The maximum Gasteiger partial charge on any atom is 0.127 e. The van der Waals surface area contributed by atoms with Crippen LogP contribution >= 0.6 is 11.8 Å². The van der Waals surface area contributed by atoms with Gasteiger partial charge in [-0.25, -0.2) is 4.98 Å². The van der Waals surface area contributed by atoms with Crippen LogP contribution in [0.4, 0.5) is 5.82 Å². The summed E-state index contributed by atoms with van der Waals surface area (Å²) in [6.45, 7) is 6.54. The molecule has 1 aromatic heterocycles. The lowest BCUT2D eigenvalue weighted by Gasteiger charge is -2.15. The van der Waals surface area contributed by atoms with Gasteiger partial charge >= 0.3 is 0 Å². The fourth-order valence-corrected chi connectivity index (χ4v) is 2.42. The Bertz CT molecular complexity index is 273. The lowest BCUT2D eigenvalue weighted by molar-refractivity contribution is 1.03. The maximum atomic E-state index is 5.77. The van der Waals surface area contributed by atoms with Gasteiger partial charge in [0.15, 0.2) is 0 Å². The zero-order valence-electron chi connectivity index (χ0n) is 8.32. The average Bonchev–Trinajstić information content (AvgIpc) is 2.03. The number of anilines is 1. The summed E-state index contributed by atoms with van der Waals surface area (Å²) in [4.78, 5) is 4.07. The first-order chi connectivity index (χ1) is 6.11. The fourth-order valence-electron chi connectivity index (χ4n) is 1.26. The zero-order valence-corrected chi connectivity index (χ0v) is 9.14. The molecule has 1 heterocycles. The van der Waals surface area contributed by atoms with Crippen molar-refractivity contribution in [3.05, 3.63) is 23.9 Å². The van der Waals surface area contributed by atoms with E-state index >= 15 is 0 Å². The Kier molecular flexibility index (Phi) is 3.60. The molecule has 2 N–H and O–H groups in total. The van der Waals surface area contributed by atoms with Gasteiger partial charge in [-0.05, 0) is 18.2 Å². The molecule has 0 bridgehead atoms. The lowest BCUT2D eigenvalue weighted by atomic mass is 10.2. The molecule has 13 heavy (non-hydrogen) atoms. The molecule has 0 saturated heterocycles. The van der Waals surface area contributed by atoms with Crippen LogP contribution in [0.2, 0.25) is 0 Å². The molecule has 1 unspecified atom stereocenters. The Balaban J connectivity index is 2.76. The maximum absolute atomic E-state index is 5.77. The quantitative estimate of drug-likeness (QED) is 0.808. The van der Waals surface area contributed by atoms with Gasteiger partial charge in [0.05, 0.1) is 0 Å². The summed E-state index contributed by atoms with van der Waals surface area (Å²) in [6.07, 6.45) is 1.73. The van der Waals surface area contributed by atoms with Gasteiger partial charge in [0.1, 0.15) is 5.82 Å². The summed E-state index contributed by atoms with van der Waals surface area (Å²) in [7, 11) is 0. The van der Waals surface area contributed by atoms with E-state index in [1.54, 1.807) is 6.20 Å². The van der Waals surface area contributed by atoms with E-state index in [1.807, 2.05) is 23.9 Å². The molecule has 72 valence electrons. The van der Waals surface area contributed by atoms with Crippen molar-refractivity contribution in [1.29, 1.82) is 0 Å². The summed E-state index contributed by atoms with van der Waals surface area (Å²) < 4.78 is 0. The molecule has 1 rings (SSSR count). The van der Waals surface area contributed by atoms with Crippen molar-refractivity contribution in [3.8, 4) is 0 Å². The lowest BCUT2D eigenvalue weighted by Crippen LogP contribution is -2.01. The van der Waals surface area contributed by atoms with Crippen LogP contribution in [0, 0.1) is 0 Å². The Morgan fingerprint density at radius 3 is 2.62 bits per heavy atom. The third kappa shape index (κ3) is 2.92. The van der Waals surface area contributed by atoms with Crippen LogP contribution in [0.1, 0.15) is 31.6 Å². The molecule has 0 aliphatic carbocycles. The molecule has 0 aliphatic heterocycles. The standard InChI is InChI=1S/C10H16N2S/c1-7(2)13-8(3)9-5-4-6-12-10(9)11/h4-8H,1-3H3,(H2,11,12). The van der Waals surface area contributed by atoms with Gasteiger partial charge in [-0.3, -0.25) is 0 Å². The minimum absolute atomic E-state index is 0.425. The van der Waals surface area contributed by atoms with Crippen LogP contribution in [0.25, 0.3) is 0 Å². The van der Waals surface area contributed by atoms with Crippen LogP contribution in [-0.4, -0.2) is 10.2 Å². The molecule has 0 fully saturated rings. The van der Waals surface area contributed by atoms with Crippen LogP contribution < -0.4 is 5.73 Å². The molecular formula is C10H16N2S. The van der Waals surface area contributed by atoms with Crippen molar-refractivity contribution in [3.63, 3.8) is 0 Å². The number of thioether (sulfide) groups is 1. The van der Waals surface area contributed by atoms with Crippen LogP contribution in [-0.2, 0) is 0 Å². The highest BCUT2D eigenvalue weighted by atomic mass is 32.2. The summed E-state index contributed by atoms with van der Waals surface area (Å²) in [5.74, 6) is 0.656. The first-order valence-electron chi connectivity index (χ1n) is 4.47. The first kappa shape index (κ1) is 10.4. The van der Waals surface area contributed by atoms with E-state index in [0.717, 1.165) is 5.56 Å². The van der Waals surface area contributed by atoms with Crippen molar-refractivity contribution in [2.24, 2.45) is 0 Å². The molecule has 1 aromatic rings.